The first-order valence-electron chi connectivity index (χ1n) is 9.80. The molecule has 0 spiro atoms. The fourth-order valence-electron chi connectivity index (χ4n) is 3.56. The number of rotatable bonds is 6. The van der Waals surface area contributed by atoms with E-state index in [1.165, 1.54) is 0 Å². The van der Waals surface area contributed by atoms with Gasteiger partial charge in [-0.15, -0.1) is 0 Å². The zero-order valence-electron chi connectivity index (χ0n) is 16.4. The first-order valence-corrected chi connectivity index (χ1v) is 9.80. The summed E-state index contributed by atoms with van der Waals surface area (Å²) in [6.07, 6.45) is 4.30. The van der Waals surface area contributed by atoms with Crippen LogP contribution in [0.1, 0.15) is 52.9 Å². The molecule has 0 aromatic carbocycles. The highest BCUT2D eigenvalue weighted by Crippen LogP contribution is 2.18. The first-order chi connectivity index (χ1) is 12.2. The van der Waals surface area contributed by atoms with E-state index in [1.807, 2.05) is 25.7 Å². The van der Waals surface area contributed by atoms with E-state index in [4.69, 9.17) is 0 Å². The maximum Gasteiger partial charge on any atom is 0.241 e. The number of carbonyl (C=O) groups is 3. The predicted octanol–water partition coefficient (Wildman–Crippen LogP) is 0.646. The molecule has 0 radical (unpaired) electrons. The van der Waals surface area contributed by atoms with Crippen LogP contribution in [0.4, 0.5) is 0 Å². The van der Waals surface area contributed by atoms with E-state index in [-0.39, 0.29) is 41.6 Å². The van der Waals surface area contributed by atoms with Crippen LogP contribution in [0.3, 0.4) is 0 Å². The Morgan fingerprint density at radius 1 is 1.12 bits per heavy atom. The highest BCUT2D eigenvalue weighted by Gasteiger charge is 2.26. The first kappa shape index (κ1) is 20.7. The van der Waals surface area contributed by atoms with Crippen LogP contribution < -0.4 is 16.0 Å². The summed E-state index contributed by atoms with van der Waals surface area (Å²) >= 11 is 0. The van der Waals surface area contributed by atoms with Gasteiger partial charge in [0.25, 0.3) is 0 Å². The maximum absolute atomic E-state index is 12.4. The molecule has 2 aliphatic rings. The number of hydrogen-bond donors (Lipinski definition) is 3. The molecule has 0 aromatic rings. The van der Waals surface area contributed by atoms with E-state index in [9.17, 15) is 14.4 Å². The van der Waals surface area contributed by atoms with Gasteiger partial charge in [-0.3, -0.25) is 14.4 Å². The van der Waals surface area contributed by atoms with Crippen LogP contribution in [0.25, 0.3) is 0 Å². The molecule has 0 aliphatic carbocycles. The molecule has 2 aliphatic heterocycles. The number of likely N-dealkylation sites (tertiary alicyclic amines) is 1. The second-order valence-electron chi connectivity index (χ2n) is 8.76. The molecule has 3 amide bonds. The minimum absolute atomic E-state index is 0.0410. The Balaban J connectivity index is 1.70. The van der Waals surface area contributed by atoms with Gasteiger partial charge < -0.3 is 20.9 Å². The van der Waals surface area contributed by atoms with Crippen LogP contribution in [0.15, 0.2) is 0 Å². The molecule has 7 heteroatoms. The minimum Gasteiger partial charge on any atom is -0.354 e. The average Bonchev–Trinajstić information content (AvgIpc) is 3.11. The lowest BCUT2D eigenvalue weighted by Gasteiger charge is -2.33. The molecule has 0 bridgehead atoms. The Morgan fingerprint density at radius 3 is 2.54 bits per heavy atom. The van der Waals surface area contributed by atoms with Crippen LogP contribution >= 0.6 is 0 Å². The number of piperidine rings is 1. The fraction of sp³-hybridized carbons (Fsp3) is 0.842. The Morgan fingerprint density at radius 2 is 1.88 bits per heavy atom. The van der Waals surface area contributed by atoms with Gasteiger partial charge in [0.1, 0.15) is 0 Å². The second kappa shape index (κ2) is 9.35. The third-order valence-electron chi connectivity index (χ3n) is 4.94. The highest BCUT2D eigenvalue weighted by atomic mass is 16.2. The van der Waals surface area contributed by atoms with Gasteiger partial charge in [0.05, 0.1) is 12.6 Å². The summed E-state index contributed by atoms with van der Waals surface area (Å²) in [5.41, 5.74) is -0.0876. The van der Waals surface area contributed by atoms with Crippen molar-refractivity contribution in [1.82, 2.24) is 20.9 Å². The topological polar surface area (TPSA) is 90.5 Å². The molecule has 2 saturated heterocycles. The highest BCUT2D eigenvalue weighted by molar-refractivity contribution is 5.85. The van der Waals surface area contributed by atoms with Crippen molar-refractivity contribution in [3.05, 3.63) is 0 Å². The van der Waals surface area contributed by atoms with Crippen LogP contribution in [-0.4, -0.2) is 61.4 Å². The van der Waals surface area contributed by atoms with E-state index >= 15 is 0 Å². The van der Waals surface area contributed by atoms with E-state index < -0.39 is 0 Å². The van der Waals surface area contributed by atoms with Gasteiger partial charge in [0.15, 0.2) is 0 Å². The van der Waals surface area contributed by atoms with Gasteiger partial charge in [-0.25, -0.2) is 0 Å². The van der Waals surface area contributed by atoms with Crippen molar-refractivity contribution in [2.24, 2.45) is 11.3 Å². The van der Waals surface area contributed by atoms with Crippen molar-refractivity contribution in [2.45, 2.75) is 58.9 Å². The lowest BCUT2D eigenvalue weighted by molar-refractivity contribution is -0.134. The van der Waals surface area contributed by atoms with Gasteiger partial charge in [-0.05, 0) is 43.6 Å². The third-order valence-corrected chi connectivity index (χ3v) is 4.94. The second-order valence-corrected chi connectivity index (χ2v) is 8.76. The largest absolute Gasteiger partial charge is 0.354 e. The zero-order valence-corrected chi connectivity index (χ0v) is 16.4. The Hall–Kier alpha value is -1.63. The molecule has 7 nitrogen and oxygen atoms in total. The molecule has 2 fully saturated rings. The van der Waals surface area contributed by atoms with Crippen molar-refractivity contribution >= 4 is 17.7 Å². The summed E-state index contributed by atoms with van der Waals surface area (Å²) in [6, 6.07) is -0.0608. The van der Waals surface area contributed by atoms with E-state index in [0.717, 1.165) is 38.8 Å². The summed E-state index contributed by atoms with van der Waals surface area (Å²) in [5, 5.41) is 8.95. The van der Waals surface area contributed by atoms with E-state index in [0.29, 0.717) is 19.5 Å². The van der Waals surface area contributed by atoms with Crippen LogP contribution in [0.2, 0.25) is 0 Å². The molecule has 148 valence electrons. The quantitative estimate of drug-likeness (QED) is 0.644. The van der Waals surface area contributed by atoms with Crippen molar-refractivity contribution in [3.63, 3.8) is 0 Å². The minimum atomic E-state index is -0.0876. The lowest BCUT2D eigenvalue weighted by atomic mass is 9.92. The van der Waals surface area contributed by atoms with Crippen molar-refractivity contribution in [1.29, 1.82) is 0 Å². The smallest absolute Gasteiger partial charge is 0.241 e. The van der Waals surface area contributed by atoms with Gasteiger partial charge >= 0.3 is 0 Å². The van der Waals surface area contributed by atoms with Crippen molar-refractivity contribution in [3.8, 4) is 0 Å². The Kier molecular flexibility index (Phi) is 7.43. The van der Waals surface area contributed by atoms with Gasteiger partial charge in [-0.1, -0.05) is 20.8 Å². The summed E-state index contributed by atoms with van der Waals surface area (Å²) < 4.78 is 0. The predicted molar refractivity (Wildman–Crippen MR) is 100 cm³/mol. The number of amides is 3. The molecule has 26 heavy (non-hydrogen) atoms. The summed E-state index contributed by atoms with van der Waals surface area (Å²) in [5.74, 6) is 0.222. The molecule has 3 N–H and O–H groups in total. The summed E-state index contributed by atoms with van der Waals surface area (Å²) in [4.78, 5) is 38.2. The monoisotopic (exact) mass is 366 g/mol. The standard InChI is InChI=1S/C19H34N4O3/c1-19(2,3)10-16(24)21-12-17(25)23-9-5-6-14(13-23)11-22-18(26)15-7-4-8-20-15/h14-15,20H,4-13H2,1-3H3,(H,21,24)(H,22,26). The van der Waals surface area contributed by atoms with E-state index in [2.05, 4.69) is 16.0 Å². The molecule has 2 unspecified atom stereocenters. The van der Waals surface area contributed by atoms with Crippen molar-refractivity contribution < 1.29 is 14.4 Å². The maximum atomic E-state index is 12.4. The lowest BCUT2D eigenvalue weighted by Crippen LogP contribution is -2.48. The molecule has 0 aromatic heterocycles. The van der Waals surface area contributed by atoms with Crippen LogP contribution in [0.5, 0.6) is 0 Å². The SMILES string of the molecule is CC(C)(C)CC(=O)NCC(=O)N1CCCC(CNC(=O)C2CCCN2)C1. The molecule has 2 rings (SSSR count). The molecular weight excluding hydrogens is 332 g/mol. The molecule has 0 saturated carbocycles. The fourth-order valence-corrected chi connectivity index (χ4v) is 3.56. The molecule has 2 heterocycles. The van der Waals surface area contributed by atoms with Crippen LogP contribution in [0, 0.1) is 11.3 Å². The number of carbonyl (C=O) groups excluding carboxylic acids is 3. The van der Waals surface area contributed by atoms with Gasteiger partial charge in [-0.2, -0.15) is 0 Å². The zero-order chi connectivity index (χ0) is 19.2. The normalized spacial score (nSPS) is 23.6. The third kappa shape index (κ3) is 6.94. The Bertz CT molecular complexity index is 509. The molecule has 2 atom stereocenters. The summed E-state index contributed by atoms with van der Waals surface area (Å²) in [7, 11) is 0. The van der Waals surface area contributed by atoms with E-state index in [1.54, 1.807) is 0 Å². The van der Waals surface area contributed by atoms with Crippen LogP contribution in [-0.2, 0) is 14.4 Å². The van der Waals surface area contributed by atoms with Crippen molar-refractivity contribution in [2.75, 3.05) is 32.7 Å². The van der Waals surface area contributed by atoms with Gasteiger partial charge in [0.2, 0.25) is 17.7 Å². The molecular formula is C19H34N4O3. The Labute approximate surface area is 156 Å². The summed E-state index contributed by atoms with van der Waals surface area (Å²) in [6.45, 7) is 8.94. The number of hydrogen-bond acceptors (Lipinski definition) is 4. The number of nitrogens with one attached hydrogen (secondary N) is 3. The number of nitrogens with zero attached hydrogens (tertiary/aromatic N) is 1. The van der Waals surface area contributed by atoms with Gasteiger partial charge in [0, 0.05) is 26.1 Å². The average molecular weight is 367 g/mol.